The minimum atomic E-state index is -4.39. The summed E-state index contributed by atoms with van der Waals surface area (Å²) in [4.78, 5) is 36.0. The van der Waals surface area contributed by atoms with E-state index in [1.807, 2.05) is 21.1 Å². The summed E-state index contributed by atoms with van der Waals surface area (Å²) in [5.74, 6) is -0.773. The van der Waals surface area contributed by atoms with Gasteiger partial charge in [-0.25, -0.2) is 4.57 Å². The number of hydrogen-bond donors (Lipinski definition) is 1. The molecule has 0 heterocycles. The van der Waals surface area contributed by atoms with Crippen LogP contribution in [0.15, 0.2) is 48.6 Å². The van der Waals surface area contributed by atoms with Gasteiger partial charge in [-0.3, -0.25) is 18.6 Å². The van der Waals surface area contributed by atoms with E-state index in [4.69, 9.17) is 18.5 Å². The number of allylic oxidation sites excluding steroid dienone is 8. The Morgan fingerprint density at radius 2 is 0.600 bits per heavy atom. The highest BCUT2D eigenvalue weighted by molar-refractivity contribution is 7.47. The highest BCUT2D eigenvalue weighted by Gasteiger charge is 2.27. The Labute approximate surface area is 560 Å². The quantitative estimate of drug-likeness (QED) is 0.0211. The molecule has 0 spiro atoms. The smallest absolute Gasteiger partial charge is 0.462 e. The molecule has 0 amide bonds. The van der Waals surface area contributed by atoms with Crippen LogP contribution < -0.4 is 0 Å². The molecular weight excluding hydrogens is 1130 g/mol. The van der Waals surface area contributed by atoms with E-state index in [0.29, 0.717) is 23.9 Å². The van der Waals surface area contributed by atoms with Crippen LogP contribution in [0.1, 0.15) is 399 Å². The molecule has 9 nitrogen and oxygen atoms in total. The van der Waals surface area contributed by atoms with Crippen LogP contribution in [0.3, 0.4) is 0 Å². The van der Waals surface area contributed by atoms with Crippen molar-refractivity contribution in [3.8, 4) is 0 Å². The van der Waals surface area contributed by atoms with Gasteiger partial charge in [0.1, 0.15) is 19.8 Å². The van der Waals surface area contributed by atoms with E-state index in [1.54, 1.807) is 0 Å². The summed E-state index contributed by atoms with van der Waals surface area (Å²) in [6.45, 7) is 4.49. The molecule has 10 heteroatoms. The lowest BCUT2D eigenvalue weighted by molar-refractivity contribution is -0.870. The second-order valence-electron chi connectivity index (χ2n) is 28.1. The Balaban J connectivity index is 3.93. The van der Waals surface area contributed by atoms with E-state index in [2.05, 4.69) is 62.5 Å². The molecule has 0 saturated carbocycles. The van der Waals surface area contributed by atoms with Crippen molar-refractivity contribution in [2.75, 3.05) is 47.5 Å². The number of likely N-dealkylation sites (N-methyl/N-ethyl adjacent to an activating group) is 1. The zero-order valence-electron chi connectivity index (χ0n) is 60.7. The molecule has 1 N–H and O–H groups in total. The van der Waals surface area contributed by atoms with Crippen LogP contribution in [0, 0.1) is 0 Å². The van der Waals surface area contributed by atoms with Gasteiger partial charge in [-0.2, -0.15) is 0 Å². The Morgan fingerprint density at radius 3 is 0.878 bits per heavy atom. The molecule has 0 aliphatic carbocycles. The van der Waals surface area contributed by atoms with Crippen molar-refractivity contribution in [1.82, 2.24) is 0 Å². The summed E-state index contributed by atoms with van der Waals surface area (Å²) in [5.41, 5.74) is 0. The van der Waals surface area contributed by atoms with Crippen LogP contribution in [0.5, 0.6) is 0 Å². The predicted molar refractivity (Wildman–Crippen MR) is 390 cm³/mol. The van der Waals surface area contributed by atoms with Gasteiger partial charge in [0.25, 0.3) is 0 Å². The van der Waals surface area contributed by atoms with Gasteiger partial charge >= 0.3 is 19.8 Å². The fourth-order valence-corrected chi connectivity index (χ4v) is 12.5. The van der Waals surface area contributed by atoms with E-state index in [0.717, 1.165) is 44.9 Å². The Kier molecular flexibility index (Phi) is 69.7. The largest absolute Gasteiger partial charge is 0.472 e. The summed E-state index contributed by atoms with van der Waals surface area (Å²) in [6.07, 6.45) is 94.0. The Hall–Kier alpha value is -2.03. The summed E-state index contributed by atoms with van der Waals surface area (Å²) >= 11 is 0. The average molecular weight is 1290 g/mol. The standard InChI is InChI=1S/C80H152NO8P/c1-6-8-10-12-14-16-18-20-22-24-26-28-30-32-34-36-38-40-42-44-46-48-50-52-54-56-58-60-62-64-66-68-70-72-79(82)86-76-78(77-88-90(84,85)87-75-74-81(3,4)5)89-80(83)73-71-69-67-65-63-61-59-57-55-53-51-49-47-45-43-41-39-37-35-33-31-29-27-25-23-21-19-17-15-13-11-9-7-2/h18-21,24-27,78H,6-17,22-23,28-77H2,1-5H3/p+1/b20-18-,21-19-,26-24-,27-25-. The van der Waals surface area contributed by atoms with Gasteiger partial charge in [0, 0.05) is 12.8 Å². The Bertz CT molecular complexity index is 1660. The molecule has 0 aromatic carbocycles. The summed E-state index contributed by atoms with van der Waals surface area (Å²) in [7, 11) is 1.50. The van der Waals surface area contributed by atoms with Gasteiger partial charge in [0.15, 0.2) is 6.10 Å². The van der Waals surface area contributed by atoms with Crippen molar-refractivity contribution in [3.05, 3.63) is 48.6 Å². The molecule has 0 aliphatic heterocycles. The van der Waals surface area contributed by atoms with E-state index in [1.165, 1.54) is 321 Å². The normalized spacial score (nSPS) is 13.3. The lowest BCUT2D eigenvalue weighted by Crippen LogP contribution is -2.37. The summed E-state index contributed by atoms with van der Waals surface area (Å²) in [5, 5.41) is 0. The lowest BCUT2D eigenvalue weighted by Gasteiger charge is -2.24. The van der Waals surface area contributed by atoms with Crippen molar-refractivity contribution in [2.24, 2.45) is 0 Å². The number of quaternary nitrogens is 1. The van der Waals surface area contributed by atoms with Crippen molar-refractivity contribution >= 4 is 19.8 Å². The number of unbranched alkanes of at least 4 members (excludes halogenated alkanes) is 52. The molecule has 530 valence electrons. The van der Waals surface area contributed by atoms with Crippen LogP contribution in [-0.2, 0) is 32.7 Å². The number of hydrogen-bond acceptors (Lipinski definition) is 7. The highest BCUT2D eigenvalue weighted by atomic mass is 31.2. The third kappa shape index (κ3) is 75.0. The van der Waals surface area contributed by atoms with Gasteiger partial charge in [0.05, 0.1) is 27.7 Å². The number of phosphoric acid groups is 1. The average Bonchev–Trinajstić information content (AvgIpc) is 3.56. The van der Waals surface area contributed by atoms with E-state index < -0.39 is 26.5 Å². The van der Waals surface area contributed by atoms with E-state index in [9.17, 15) is 19.0 Å². The number of esters is 2. The van der Waals surface area contributed by atoms with Gasteiger partial charge in [-0.1, -0.05) is 358 Å². The molecular formula is C80H153NO8P+. The number of nitrogens with zero attached hydrogens (tertiary/aromatic N) is 1. The molecule has 0 radical (unpaired) electrons. The maximum Gasteiger partial charge on any atom is 0.472 e. The van der Waals surface area contributed by atoms with Crippen molar-refractivity contribution in [2.45, 2.75) is 405 Å². The molecule has 90 heavy (non-hydrogen) atoms. The minimum absolute atomic E-state index is 0.0345. The van der Waals surface area contributed by atoms with Gasteiger partial charge < -0.3 is 18.9 Å². The topological polar surface area (TPSA) is 108 Å². The number of ether oxygens (including phenoxy) is 2. The van der Waals surface area contributed by atoms with Crippen LogP contribution in [0.25, 0.3) is 0 Å². The number of rotatable bonds is 74. The van der Waals surface area contributed by atoms with Crippen LogP contribution in [0.4, 0.5) is 0 Å². The van der Waals surface area contributed by atoms with Crippen molar-refractivity contribution < 1.29 is 42.1 Å². The third-order valence-corrected chi connectivity index (χ3v) is 18.8. The first-order chi connectivity index (χ1) is 44.0. The fourth-order valence-electron chi connectivity index (χ4n) is 11.8. The molecule has 0 aliphatic rings. The first-order valence-electron chi connectivity index (χ1n) is 39.4. The lowest BCUT2D eigenvalue weighted by atomic mass is 10.0. The highest BCUT2D eigenvalue weighted by Crippen LogP contribution is 2.43. The molecule has 0 bridgehead atoms. The maximum atomic E-state index is 12.9. The van der Waals surface area contributed by atoms with Crippen molar-refractivity contribution in [3.63, 3.8) is 0 Å². The second-order valence-corrected chi connectivity index (χ2v) is 29.5. The van der Waals surface area contributed by atoms with E-state index >= 15 is 0 Å². The third-order valence-electron chi connectivity index (χ3n) is 17.8. The van der Waals surface area contributed by atoms with Gasteiger partial charge in [0.2, 0.25) is 0 Å². The minimum Gasteiger partial charge on any atom is -0.462 e. The van der Waals surface area contributed by atoms with Gasteiger partial charge in [-0.15, -0.1) is 0 Å². The van der Waals surface area contributed by atoms with Gasteiger partial charge in [-0.05, 0) is 77.0 Å². The number of phosphoric ester groups is 1. The second kappa shape index (κ2) is 71.3. The monoisotopic (exact) mass is 1290 g/mol. The molecule has 0 rings (SSSR count). The SMILES string of the molecule is CCCCCCC/C=C\C/C=C\CCCCCCCCCCCCCCCCCCCCCCCC(=O)OCC(COP(=O)(O)OCC[N+](C)(C)C)OC(=O)CCCCCCCCCCCCCCCCCCCCCCC/C=C\C/C=C\CCCCCCC. The molecule has 0 aromatic heterocycles. The van der Waals surface area contributed by atoms with E-state index in [-0.39, 0.29) is 25.6 Å². The molecule has 2 atom stereocenters. The summed E-state index contributed by atoms with van der Waals surface area (Å²) in [6, 6.07) is 0. The zero-order valence-corrected chi connectivity index (χ0v) is 61.5. The van der Waals surface area contributed by atoms with Crippen molar-refractivity contribution in [1.29, 1.82) is 0 Å². The molecule has 0 aromatic rings. The predicted octanol–water partition coefficient (Wildman–Crippen LogP) is 26.0. The molecule has 2 unspecified atom stereocenters. The van der Waals surface area contributed by atoms with Crippen LogP contribution in [-0.4, -0.2) is 74.9 Å². The van der Waals surface area contributed by atoms with Crippen LogP contribution >= 0.6 is 7.82 Å². The maximum absolute atomic E-state index is 12.9. The number of carbonyl (C=O) groups excluding carboxylic acids is 2. The van der Waals surface area contributed by atoms with Crippen LogP contribution in [0.2, 0.25) is 0 Å². The fraction of sp³-hybridized carbons (Fsp3) is 0.875. The zero-order chi connectivity index (χ0) is 65.5. The summed E-state index contributed by atoms with van der Waals surface area (Å²) < 4.78 is 34.8. The number of carbonyl (C=O) groups is 2. The molecule has 0 fully saturated rings. The first-order valence-corrected chi connectivity index (χ1v) is 40.9. The molecule has 0 saturated heterocycles. The first kappa shape index (κ1) is 88.0. The Morgan fingerprint density at radius 1 is 0.344 bits per heavy atom.